The van der Waals surface area contributed by atoms with Crippen LogP contribution in [0, 0.1) is 0 Å². The average Bonchev–Trinajstić information content (AvgIpc) is 2.45. The highest BCUT2D eigenvalue weighted by atomic mass is 16.5. The van der Waals surface area contributed by atoms with Gasteiger partial charge in [-0.05, 0) is 26.3 Å². The molecular formula is C16H23NO4. The van der Waals surface area contributed by atoms with E-state index in [0.717, 1.165) is 5.56 Å². The summed E-state index contributed by atoms with van der Waals surface area (Å²) in [5.41, 5.74) is 1.01. The molecule has 0 aliphatic carbocycles. The number of nitrogens with one attached hydrogen (secondary N) is 1. The quantitative estimate of drug-likeness (QED) is 0.745. The second-order valence-electron chi connectivity index (χ2n) is 4.86. The molecule has 1 rings (SSSR count). The van der Waals surface area contributed by atoms with E-state index in [1.54, 1.807) is 20.8 Å². The molecule has 0 fully saturated rings. The predicted octanol–water partition coefficient (Wildman–Crippen LogP) is 2.05. The van der Waals surface area contributed by atoms with E-state index in [-0.39, 0.29) is 24.3 Å². The number of rotatable bonds is 8. The van der Waals surface area contributed by atoms with Crippen LogP contribution < -0.4 is 5.32 Å². The molecule has 5 nitrogen and oxygen atoms in total. The summed E-state index contributed by atoms with van der Waals surface area (Å²) in [4.78, 5) is 23.2. The van der Waals surface area contributed by atoms with Crippen molar-refractivity contribution in [2.45, 2.75) is 45.9 Å². The molecule has 1 amide bonds. The highest BCUT2D eigenvalue weighted by Gasteiger charge is 2.18. The molecule has 0 bridgehead atoms. The van der Waals surface area contributed by atoms with Gasteiger partial charge in [-0.15, -0.1) is 0 Å². The molecule has 0 spiro atoms. The zero-order valence-electron chi connectivity index (χ0n) is 12.8. The van der Waals surface area contributed by atoms with Crippen molar-refractivity contribution < 1.29 is 19.1 Å². The van der Waals surface area contributed by atoms with Gasteiger partial charge < -0.3 is 14.8 Å². The second-order valence-corrected chi connectivity index (χ2v) is 4.86. The summed E-state index contributed by atoms with van der Waals surface area (Å²) in [6, 6.07) is 9.37. The molecule has 2 unspecified atom stereocenters. The van der Waals surface area contributed by atoms with Crippen LogP contribution in [0.25, 0.3) is 0 Å². The van der Waals surface area contributed by atoms with E-state index in [1.165, 1.54) is 0 Å². The number of ether oxygens (including phenoxy) is 2. The number of amides is 1. The highest BCUT2D eigenvalue weighted by molar-refractivity contribution is 5.81. The number of carbonyl (C=O) groups excluding carboxylic acids is 2. The molecule has 0 saturated carbocycles. The summed E-state index contributed by atoms with van der Waals surface area (Å²) in [5, 5.41) is 2.74. The highest BCUT2D eigenvalue weighted by Crippen LogP contribution is 2.04. The van der Waals surface area contributed by atoms with Gasteiger partial charge in [0.05, 0.1) is 19.6 Å². The fourth-order valence-corrected chi connectivity index (χ4v) is 1.75. The molecule has 1 aromatic carbocycles. The zero-order valence-corrected chi connectivity index (χ0v) is 12.8. The minimum absolute atomic E-state index is 0.158. The van der Waals surface area contributed by atoms with Crippen LogP contribution in [-0.4, -0.2) is 30.6 Å². The molecule has 0 saturated heterocycles. The van der Waals surface area contributed by atoms with E-state index >= 15 is 0 Å². The number of carbonyl (C=O) groups is 2. The minimum atomic E-state index is -0.574. The number of hydrogen-bond donors (Lipinski definition) is 1. The average molecular weight is 293 g/mol. The van der Waals surface area contributed by atoms with Crippen molar-refractivity contribution in [1.29, 1.82) is 0 Å². The van der Waals surface area contributed by atoms with Crippen LogP contribution in [-0.2, 0) is 25.7 Å². The lowest BCUT2D eigenvalue weighted by atomic mass is 10.2. The van der Waals surface area contributed by atoms with Crippen LogP contribution in [0.15, 0.2) is 30.3 Å². The Hall–Kier alpha value is -1.88. The van der Waals surface area contributed by atoms with E-state index in [4.69, 9.17) is 9.47 Å². The van der Waals surface area contributed by atoms with Crippen molar-refractivity contribution in [1.82, 2.24) is 5.32 Å². The topological polar surface area (TPSA) is 64.6 Å². The summed E-state index contributed by atoms with van der Waals surface area (Å²) >= 11 is 0. The summed E-state index contributed by atoms with van der Waals surface area (Å²) < 4.78 is 10.4. The fourth-order valence-electron chi connectivity index (χ4n) is 1.75. The first-order chi connectivity index (χ1) is 10.0. The SMILES string of the molecule is CCOC(=O)CC(C)NC(=O)C(C)OCc1ccccc1. The van der Waals surface area contributed by atoms with Gasteiger partial charge in [0, 0.05) is 6.04 Å². The summed E-state index contributed by atoms with van der Waals surface area (Å²) in [6.07, 6.45) is -0.416. The largest absolute Gasteiger partial charge is 0.466 e. The van der Waals surface area contributed by atoms with E-state index in [2.05, 4.69) is 5.32 Å². The number of hydrogen-bond acceptors (Lipinski definition) is 4. The third-order valence-corrected chi connectivity index (χ3v) is 2.88. The fraction of sp³-hybridized carbons (Fsp3) is 0.500. The maximum absolute atomic E-state index is 11.9. The van der Waals surface area contributed by atoms with Crippen molar-refractivity contribution in [2.24, 2.45) is 0 Å². The molecular weight excluding hydrogens is 270 g/mol. The van der Waals surface area contributed by atoms with Crippen molar-refractivity contribution in [3.05, 3.63) is 35.9 Å². The van der Waals surface area contributed by atoms with Crippen molar-refractivity contribution in [3.8, 4) is 0 Å². The minimum Gasteiger partial charge on any atom is -0.466 e. The number of benzene rings is 1. The molecule has 5 heteroatoms. The molecule has 0 radical (unpaired) electrons. The van der Waals surface area contributed by atoms with Gasteiger partial charge in [-0.25, -0.2) is 0 Å². The Kier molecular flexibility index (Phi) is 7.46. The van der Waals surface area contributed by atoms with Crippen molar-refractivity contribution >= 4 is 11.9 Å². The first-order valence-corrected chi connectivity index (χ1v) is 7.14. The molecule has 0 heterocycles. The molecule has 116 valence electrons. The standard InChI is InChI=1S/C16H23NO4/c1-4-20-15(18)10-12(2)17-16(19)13(3)21-11-14-8-6-5-7-9-14/h5-9,12-13H,4,10-11H2,1-3H3,(H,17,19). The van der Waals surface area contributed by atoms with E-state index in [0.29, 0.717) is 13.2 Å². The van der Waals surface area contributed by atoms with Crippen molar-refractivity contribution in [3.63, 3.8) is 0 Å². The van der Waals surface area contributed by atoms with Crippen LogP contribution in [0.5, 0.6) is 0 Å². The van der Waals surface area contributed by atoms with Gasteiger partial charge in [0.2, 0.25) is 5.91 Å². The van der Waals surface area contributed by atoms with Crippen LogP contribution in [0.3, 0.4) is 0 Å². The Bertz CT molecular complexity index is 447. The lowest BCUT2D eigenvalue weighted by Gasteiger charge is -2.17. The third-order valence-electron chi connectivity index (χ3n) is 2.88. The summed E-state index contributed by atoms with van der Waals surface area (Å²) in [6.45, 7) is 5.92. The van der Waals surface area contributed by atoms with E-state index in [1.807, 2.05) is 30.3 Å². The molecule has 2 atom stereocenters. The summed E-state index contributed by atoms with van der Waals surface area (Å²) in [5.74, 6) is -0.550. The van der Waals surface area contributed by atoms with Gasteiger partial charge in [0.25, 0.3) is 0 Å². The zero-order chi connectivity index (χ0) is 15.7. The first-order valence-electron chi connectivity index (χ1n) is 7.14. The van der Waals surface area contributed by atoms with Crippen LogP contribution in [0.1, 0.15) is 32.8 Å². The third kappa shape index (κ3) is 6.90. The van der Waals surface area contributed by atoms with Gasteiger partial charge in [0.1, 0.15) is 6.10 Å². The smallest absolute Gasteiger partial charge is 0.307 e. The number of esters is 1. The van der Waals surface area contributed by atoms with E-state index < -0.39 is 6.10 Å². The predicted molar refractivity (Wildman–Crippen MR) is 79.5 cm³/mol. The monoisotopic (exact) mass is 293 g/mol. The van der Waals surface area contributed by atoms with Gasteiger partial charge in [0.15, 0.2) is 0 Å². The van der Waals surface area contributed by atoms with Gasteiger partial charge >= 0.3 is 5.97 Å². The van der Waals surface area contributed by atoms with Gasteiger partial charge in [-0.2, -0.15) is 0 Å². The molecule has 1 N–H and O–H groups in total. The Labute approximate surface area is 125 Å². The maximum Gasteiger partial charge on any atom is 0.307 e. The Morgan fingerprint density at radius 2 is 1.86 bits per heavy atom. The van der Waals surface area contributed by atoms with Crippen molar-refractivity contribution in [2.75, 3.05) is 6.61 Å². The lowest BCUT2D eigenvalue weighted by molar-refractivity contribution is -0.144. The molecule has 1 aromatic rings. The first kappa shape index (κ1) is 17.2. The van der Waals surface area contributed by atoms with Gasteiger partial charge in [-0.1, -0.05) is 30.3 Å². The molecule has 0 aliphatic rings. The second kappa shape index (κ2) is 9.13. The molecule has 21 heavy (non-hydrogen) atoms. The Balaban J connectivity index is 2.32. The molecule has 0 aromatic heterocycles. The molecule has 0 aliphatic heterocycles. The van der Waals surface area contributed by atoms with Crippen LogP contribution >= 0.6 is 0 Å². The lowest BCUT2D eigenvalue weighted by Crippen LogP contribution is -2.41. The maximum atomic E-state index is 11.9. The summed E-state index contributed by atoms with van der Waals surface area (Å²) in [7, 11) is 0. The van der Waals surface area contributed by atoms with Crippen LogP contribution in [0.2, 0.25) is 0 Å². The normalized spacial score (nSPS) is 13.3. The van der Waals surface area contributed by atoms with Gasteiger partial charge in [-0.3, -0.25) is 9.59 Å². The Morgan fingerprint density at radius 3 is 2.48 bits per heavy atom. The van der Waals surface area contributed by atoms with Crippen LogP contribution in [0.4, 0.5) is 0 Å². The van der Waals surface area contributed by atoms with E-state index in [9.17, 15) is 9.59 Å². The Morgan fingerprint density at radius 1 is 1.19 bits per heavy atom.